The Balaban J connectivity index is 2.27. The third-order valence-corrected chi connectivity index (χ3v) is 3.22. The number of benzene rings is 1. The van der Waals surface area contributed by atoms with Crippen LogP contribution in [0.1, 0.15) is 17.5 Å². The number of hydrogen-bond donors (Lipinski definition) is 1. The van der Waals surface area contributed by atoms with Crippen LogP contribution < -0.4 is 5.73 Å². The molecule has 1 aliphatic carbocycles. The second kappa shape index (κ2) is 3.62. The fraction of sp³-hybridized carbons (Fsp3) is 0.500. The van der Waals surface area contributed by atoms with Gasteiger partial charge >= 0.3 is 0 Å². The van der Waals surface area contributed by atoms with E-state index in [4.69, 9.17) is 5.73 Å². The van der Waals surface area contributed by atoms with Gasteiger partial charge in [0.1, 0.15) is 0 Å². The quantitative estimate of drug-likeness (QED) is 0.683. The number of hydrogen-bond acceptors (Lipinski definition) is 2. The van der Waals surface area contributed by atoms with Gasteiger partial charge in [0.05, 0.1) is 0 Å². The highest BCUT2D eigenvalue weighted by atomic mass is 15.1. The van der Waals surface area contributed by atoms with E-state index in [1.165, 1.54) is 17.5 Å². The molecular weight excluding hydrogens is 172 g/mol. The number of likely N-dealkylation sites (N-methyl/N-ethyl adjacent to an activating group) is 1. The Hall–Kier alpha value is -1.02. The van der Waals surface area contributed by atoms with Gasteiger partial charge in [-0.2, -0.15) is 0 Å². The van der Waals surface area contributed by atoms with Crippen LogP contribution >= 0.6 is 0 Å². The van der Waals surface area contributed by atoms with Crippen LogP contribution in [0.5, 0.6) is 0 Å². The molecule has 1 aliphatic rings. The molecule has 76 valence electrons. The predicted molar refractivity (Wildman–Crippen MR) is 60.4 cm³/mol. The summed E-state index contributed by atoms with van der Waals surface area (Å²) in [4.78, 5) is 2.31. The van der Waals surface area contributed by atoms with Crippen LogP contribution in [-0.2, 0) is 12.8 Å². The second-order valence-electron chi connectivity index (χ2n) is 4.35. The number of nitrogens with two attached hydrogens (primary N) is 1. The molecule has 1 aromatic carbocycles. The summed E-state index contributed by atoms with van der Waals surface area (Å²) in [6.45, 7) is 0. The summed E-state index contributed by atoms with van der Waals surface area (Å²) in [5.41, 5.74) is 9.74. The van der Waals surface area contributed by atoms with Crippen molar-refractivity contribution >= 4 is 5.69 Å². The van der Waals surface area contributed by atoms with E-state index in [-0.39, 0.29) is 0 Å². The third-order valence-electron chi connectivity index (χ3n) is 3.22. The van der Waals surface area contributed by atoms with Crippen LogP contribution in [0.4, 0.5) is 5.69 Å². The van der Waals surface area contributed by atoms with Crippen LogP contribution in [0.2, 0.25) is 0 Å². The lowest BCUT2D eigenvalue weighted by Crippen LogP contribution is -2.33. The summed E-state index contributed by atoms with van der Waals surface area (Å²) < 4.78 is 0. The predicted octanol–water partition coefficient (Wildman–Crippen LogP) is 1.69. The minimum Gasteiger partial charge on any atom is -0.398 e. The molecule has 1 aromatic rings. The van der Waals surface area contributed by atoms with Crippen molar-refractivity contribution in [2.24, 2.45) is 0 Å². The van der Waals surface area contributed by atoms with Crippen molar-refractivity contribution in [2.75, 3.05) is 19.8 Å². The minimum absolute atomic E-state index is 0.685. The summed E-state index contributed by atoms with van der Waals surface area (Å²) >= 11 is 0. The van der Waals surface area contributed by atoms with Gasteiger partial charge in [-0.1, -0.05) is 12.1 Å². The van der Waals surface area contributed by atoms with Gasteiger partial charge in [-0.15, -0.1) is 0 Å². The van der Waals surface area contributed by atoms with Crippen LogP contribution in [-0.4, -0.2) is 25.0 Å². The van der Waals surface area contributed by atoms with Crippen molar-refractivity contribution in [3.63, 3.8) is 0 Å². The number of nitrogen functional groups attached to an aromatic ring is 1. The van der Waals surface area contributed by atoms with Crippen molar-refractivity contribution in [1.29, 1.82) is 0 Å². The molecule has 0 fully saturated rings. The van der Waals surface area contributed by atoms with Gasteiger partial charge in [0.15, 0.2) is 0 Å². The molecule has 0 bridgehead atoms. The topological polar surface area (TPSA) is 29.3 Å². The summed E-state index contributed by atoms with van der Waals surface area (Å²) in [5, 5.41) is 0. The van der Waals surface area contributed by atoms with Crippen molar-refractivity contribution in [2.45, 2.75) is 25.3 Å². The van der Waals surface area contributed by atoms with Crippen molar-refractivity contribution < 1.29 is 0 Å². The van der Waals surface area contributed by atoms with Gasteiger partial charge in [-0.05, 0) is 50.6 Å². The molecule has 0 aromatic heterocycles. The van der Waals surface area contributed by atoms with Crippen LogP contribution in [0.15, 0.2) is 18.2 Å². The summed E-state index contributed by atoms with van der Waals surface area (Å²) in [5.74, 6) is 0. The highest BCUT2D eigenvalue weighted by molar-refractivity contribution is 5.52. The Labute approximate surface area is 85.7 Å². The largest absolute Gasteiger partial charge is 0.398 e. The van der Waals surface area contributed by atoms with Gasteiger partial charge in [-0.25, -0.2) is 0 Å². The summed E-state index contributed by atoms with van der Waals surface area (Å²) in [7, 11) is 4.31. The van der Waals surface area contributed by atoms with Crippen molar-refractivity contribution in [1.82, 2.24) is 4.90 Å². The first-order valence-electron chi connectivity index (χ1n) is 5.21. The van der Waals surface area contributed by atoms with E-state index >= 15 is 0 Å². The molecule has 2 nitrogen and oxygen atoms in total. The van der Waals surface area contributed by atoms with E-state index < -0.39 is 0 Å². The molecule has 0 saturated heterocycles. The van der Waals surface area contributed by atoms with E-state index in [0.29, 0.717) is 6.04 Å². The number of nitrogens with zero attached hydrogens (tertiary/aromatic N) is 1. The lowest BCUT2D eigenvalue weighted by atomic mass is 9.87. The fourth-order valence-corrected chi connectivity index (χ4v) is 2.26. The molecule has 0 spiro atoms. The molecule has 14 heavy (non-hydrogen) atoms. The van der Waals surface area contributed by atoms with Crippen LogP contribution in [0.3, 0.4) is 0 Å². The Morgan fingerprint density at radius 3 is 2.86 bits per heavy atom. The Morgan fingerprint density at radius 1 is 1.36 bits per heavy atom. The molecule has 2 rings (SSSR count). The average molecular weight is 190 g/mol. The standard InChI is InChI=1S/C12H18N2/c1-14(2)10-6-7-11-9(8-10)4-3-5-12(11)13/h3-5,10H,6-8,13H2,1-2H3/t10-/m0/s1. The van der Waals surface area contributed by atoms with Crippen LogP contribution in [0, 0.1) is 0 Å². The zero-order chi connectivity index (χ0) is 10.1. The van der Waals surface area contributed by atoms with Crippen molar-refractivity contribution in [3.05, 3.63) is 29.3 Å². The maximum atomic E-state index is 5.95. The highest BCUT2D eigenvalue weighted by Crippen LogP contribution is 2.27. The highest BCUT2D eigenvalue weighted by Gasteiger charge is 2.20. The second-order valence-corrected chi connectivity index (χ2v) is 4.35. The molecule has 1 atom stereocenters. The van der Waals surface area contributed by atoms with E-state index in [0.717, 1.165) is 18.5 Å². The zero-order valence-corrected chi connectivity index (χ0v) is 8.96. The van der Waals surface area contributed by atoms with E-state index in [2.05, 4.69) is 31.1 Å². The van der Waals surface area contributed by atoms with Gasteiger partial charge in [0.2, 0.25) is 0 Å². The summed E-state index contributed by atoms with van der Waals surface area (Å²) in [6.07, 6.45) is 3.51. The monoisotopic (exact) mass is 190 g/mol. The fourth-order valence-electron chi connectivity index (χ4n) is 2.26. The molecule has 0 radical (unpaired) electrons. The number of fused-ring (bicyclic) bond motifs is 1. The Bertz CT molecular complexity index is 331. The molecular formula is C12H18N2. The van der Waals surface area contributed by atoms with Gasteiger partial charge < -0.3 is 10.6 Å². The molecule has 2 heteroatoms. The molecule has 0 amide bonds. The smallest absolute Gasteiger partial charge is 0.0349 e. The maximum absolute atomic E-state index is 5.95. The van der Waals surface area contributed by atoms with Gasteiger partial charge in [-0.3, -0.25) is 0 Å². The number of anilines is 1. The molecule has 0 aliphatic heterocycles. The van der Waals surface area contributed by atoms with E-state index in [1.54, 1.807) is 0 Å². The normalized spacial score (nSPS) is 20.9. The van der Waals surface area contributed by atoms with E-state index in [1.807, 2.05) is 6.07 Å². The molecule has 0 heterocycles. The lowest BCUT2D eigenvalue weighted by Gasteiger charge is -2.30. The minimum atomic E-state index is 0.685. The number of rotatable bonds is 1. The SMILES string of the molecule is CN(C)[C@H]1CCc2c(N)cccc2C1. The van der Waals surface area contributed by atoms with Crippen molar-refractivity contribution in [3.8, 4) is 0 Å². The Morgan fingerprint density at radius 2 is 2.14 bits per heavy atom. The maximum Gasteiger partial charge on any atom is 0.0349 e. The first-order valence-corrected chi connectivity index (χ1v) is 5.21. The summed E-state index contributed by atoms with van der Waals surface area (Å²) in [6, 6.07) is 6.96. The molecule has 0 saturated carbocycles. The molecule has 2 N–H and O–H groups in total. The lowest BCUT2D eigenvalue weighted by molar-refractivity contribution is 0.268. The van der Waals surface area contributed by atoms with Gasteiger partial charge in [0.25, 0.3) is 0 Å². The molecule has 0 unspecified atom stereocenters. The third kappa shape index (κ3) is 1.62. The Kier molecular flexibility index (Phi) is 2.46. The van der Waals surface area contributed by atoms with E-state index in [9.17, 15) is 0 Å². The van der Waals surface area contributed by atoms with Crippen LogP contribution in [0.25, 0.3) is 0 Å². The van der Waals surface area contributed by atoms with Gasteiger partial charge in [0, 0.05) is 11.7 Å². The average Bonchev–Trinajstić information content (AvgIpc) is 2.17. The first kappa shape index (κ1) is 9.53. The zero-order valence-electron chi connectivity index (χ0n) is 8.96. The first-order chi connectivity index (χ1) is 6.68.